The second kappa shape index (κ2) is 11.3. The van der Waals surface area contributed by atoms with Crippen molar-refractivity contribution in [2.24, 2.45) is 5.92 Å². The molecule has 1 aliphatic heterocycles. The van der Waals surface area contributed by atoms with Crippen molar-refractivity contribution in [3.8, 4) is 6.07 Å². The highest BCUT2D eigenvalue weighted by Crippen LogP contribution is 2.40. The molecule has 36 heavy (non-hydrogen) atoms. The van der Waals surface area contributed by atoms with Crippen molar-refractivity contribution in [3.63, 3.8) is 0 Å². The lowest BCUT2D eigenvalue weighted by Crippen LogP contribution is -2.52. The standard InChI is InChI=1S/C26H39N5O4Si/c1-33-26(34-2)19-6-8-20(9-7-19)31-17-29(13-11-27)25(32)22-16-28-24-21(23(22)31)10-12-30(24)18-35-14-15-36(3,4)5/h10,12,16,19-20,26H,6-9,13-15,17-18H2,1-5H3. The average molecular weight is 514 g/mol. The number of anilines is 1. The molecule has 0 radical (unpaired) electrons. The van der Waals surface area contributed by atoms with Crippen LogP contribution in [-0.2, 0) is 20.9 Å². The van der Waals surface area contributed by atoms with Gasteiger partial charge in [-0.3, -0.25) is 4.79 Å². The van der Waals surface area contributed by atoms with Gasteiger partial charge in [-0.05, 0) is 37.8 Å². The lowest BCUT2D eigenvalue weighted by Gasteiger charge is -2.44. The molecule has 1 aliphatic carbocycles. The molecule has 9 nitrogen and oxygen atoms in total. The van der Waals surface area contributed by atoms with Crippen molar-refractivity contribution in [2.45, 2.75) is 70.4 Å². The number of rotatable bonds is 10. The zero-order valence-electron chi connectivity index (χ0n) is 22.2. The maximum Gasteiger partial charge on any atom is 0.259 e. The Balaban J connectivity index is 1.61. The molecule has 0 unspecified atom stereocenters. The zero-order chi connectivity index (χ0) is 25.9. The van der Waals surface area contributed by atoms with Gasteiger partial charge in [-0.15, -0.1) is 0 Å². The molecule has 1 fully saturated rings. The van der Waals surface area contributed by atoms with Crippen LogP contribution in [0, 0.1) is 17.2 Å². The third-order valence-corrected chi connectivity index (χ3v) is 9.11. The summed E-state index contributed by atoms with van der Waals surface area (Å²) in [5.41, 5.74) is 2.31. The van der Waals surface area contributed by atoms with Gasteiger partial charge in [0.05, 0.1) is 24.0 Å². The van der Waals surface area contributed by atoms with Crippen LogP contribution in [0.4, 0.5) is 5.69 Å². The smallest absolute Gasteiger partial charge is 0.259 e. The molecule has 0 N–H and O–H groups in total. The maximum absolute atomic E-state index is 13.3. The molecule has 10 heteroatoms. The normalized spacial score (nSPS) is 20.8. The fourth-order valence-electron chi connectivity index (χ4n) is 5.40. The van der Waals surface area contributed by atoms with E-state index in [9.17, 15) is 10.1 Å². The lowest BCUT2D eigenvalue weighted by atomic mass is 9.84. The molecule has 4 rings (SSSR count). The number of pyridine rings is 1. The maximum atomic E-state index is 13.3. The third kappa shape index (κ3) is 5.59. The van der Waals surface area contributed by atoms with Gasteiger partial charge < -0.3 is 28.6 Å². The van der Waals surface area contributed by atoms with Crippen LogP contribution in [0.25, 0.3) is 11.0 Å². The molecule has 2 aromatic rings. The van der Waals surface area contributed by atoms with Gasteiger partial charge in [0.15, 0.2) is 6.29 Å². The van der Waals surface area contributed by atoms with E-state index in [2.05, 4.69) is 35.6 Å². The van der Waals surface area contributed by atoms with E-state index in [1.54, 1.807) is 25.3 Å². The Morgan fingerprint density at radius 1 is 1.19 bits per heavy atom. The summed E-state index contributed by atoms with van der Waals surface area (Å²) in [7, 11) is 2.22. The van der Waals surface area contributed by atoms with E-state index >= 15 is 0 Å². The Morgan fingerprint density at radius 3 is 2.56 bits per heavy atom. The number of carbonyl (C=O) groups excluding carboxylic acids is 1. The Kier molecular flexibility index (Phi) is 8.35. The second-order valence-corrected chi connectivity index (χ2v) is 16.7. The fraction of sp³-hybridized carbons (Fsp3) is 0.654. The number of ether oxygens (including phenoxy) is 3. The molecule has 0 bridgehead atoms. The molecular formula is C26H39N5O4Si. The summed E-state index contributed by atoms with van der Waals surface area (Å²) in [6, 6.07) is 5.56. The largest absolute Gasteiger partial charge is 0.361 e. The molecule has 2 aromatic heterocycles. The lowest BCUT2D eigenvalue weighted by molar-refractivity contribution is -0.144. The first kappa shape index (κ1) is 26.6. The van der Waals surface area contributed by atoms with Crippen LogP contribution in [0.1, 0.15) is 36.0 Å². The SMILES string of the molecule is COC(OC)C1CCC(N2CN(CC#N)C(=O)c3cnc4c(ccn4COCC[Si](C)(C)C)c32)CC1. The van der Waals surface area contributed by atoms with Crippen LogP contribution >= 0.6 is 0 Å². The highest BCUT2D eigenvalue weighted by Gasteiger charge is 2.38. The number of amides is 1. The molecule has 0 saturated heterocycles. The van der Waals surface area contributed by atoms with Crippen molar-refractivity contribution in [1.29, 1.82) is 5.26 Å². The number of fused-ring (bicyclic) bond motifs is 3. The monoisotopic (exact) mass is 513 g/mol. The van der Waals surface area contributed by atoms with Crippen LogP contribution in [0.5, 0.6) is 0 Å². The Morgan fingerprint density at radius 2 is 1.92 bits per heavy atom. The Hall–Kier alpha value is -2.45. The Bertz CT molecular complexity index is 1100. The van der Waals surface area contributed by atoms with E-state index in [1.807, 2.05) is 16.8 Å². The van der Waals surface area contributed by atoms with Gasteiger partial charge in [-0.2, -0.15) is 5.26 Å². The van der Waals surface area contributed by atoms with Gasteiger partial charge in [0, 0.05) is 58.6 Å². The predicted molar refractivity (Wildman–Crippen MR) is 141 cm³/mol. The minimum Gasteiger partial charge on any atom is -0.361 e. The summed E-state index contributed by atoms with van der Waals surface area (Å²) in [6.07, 6.45) is 7.37. The van der Waals surface area contributed by atoms with Crippen LogP contribution in [0.2, 0.25) is 25.7 Å². The molecule has 0 aromatic carbocycles. The molecule has 1 amide bonds. The van der Waals surface area contributed by atoms with Crippen LogP contribution in [-0.4, -0.2) is 74.8 Å². The number of methoxy groups -OCH3 is 2. The van der Waals surface area contributed by atoms with E-state index in [4.69, 9.17) is 14.2 Å². The summed E-state index contributed by atoms with van der Waals surface area (Å²) in [5, 5.41) is 10.3. The number of hydrogen-bond donors (Lipinski definition) is 0. The van der Waals surface area contributed by atoms with E-state index < -0.39 is 8.07 Å². The fourth-order valence-corrected chi connectivity index (χ4v) is 6.15. The predicted octanol–water partition coefficient (Wildman–Crippen LogP) is 4.27. The first-order chi connectivity index (χ1) is 17.3. The summed E-state index contributed by atoms with van der Waals surface area (Å²) < 4.78 is 19.0. The van der Waals surface area contributed by atoms with Gasteiger partial charge in [-0.25, -0.2) is 4.98 Å². The number of aromatic nitrogens is 2. The highest BCUT2D eigenvalue weighted by atomic mass is 28.3. The first-order valence-corrected chi connectivity index (χ1v) is 16.5. The van der Waals surface area contributed by atoms with Crippen molar-refractivity contribution in [3.05, 3.63) is 24.0 Å². The van der Waals surface area contributed by atoms with Gasteiger partial charge in [0.1, 0.15) is 18.9 Å². The zero-order valence-corrected chi connectivity index (χ0v) is 23.2. The highest BCUT2D eigenvalue weighted by molar-refractivity contribution is 6.76. The van der Waals surface area contributed by atoms with Crippen LogP contribution < -0.4 is 4.90 Å². The summed E-state index contributed by atoms with van der Waals surface area (Å²) in [5.74, 6) is 0.216. The molecule has 3 heterocycles. The molecule has 0 spiro atoms. The average Bonchev–Trinajstić information content (AvgIpc) is 3.27. The Labute approximate surface area is 214 Å². The number of carbonyl (C=O) groups is 1. The van der Waals surface area contributed by atoms with Crippen molar-refractivity contribution in [1.82, 2.24) is 14.5 Å². The van der Waals surface area contributed by atoms with Crippen molar-refractivity contribution < 1.29 is 19.0 Å². The second-order valence-electron chi connectivity index (χ2n) is 11.1. The van der Waals surface area contributed by atoms with E-state index in [1.165, 1.54) is 0 Å². The minimum absolute atomic E-state index is 0.0590. The summed E-state index contributed by atoms with van der Waals surface area (Å²) in [6.45, 7) is 8.67. The van der Waals surface area contributed by atoms with Gasteiger partial charge in [-0.1, -0.05) is 19.6 Å². The van der Waals surface area contributed by atoms with E-state index in [0.717, 1.165) is 55.1 Å². The molecule has 2 aliphatic rings. The molecule has 196 valence electrons. The van der Waals surface area contributed by atoms with E-state index in [0.29, 0.717) is 24.9 Å². The summed E-state index contributed by atoms with van der Waals surface area (Å²) in [4.78, 5) is 21.9. The number of nitriles is 1. The van der Waals surface area contributed by atoms with Gasteiger partial charge >= 0.3 is 0 Å². The quantitative estimate of drug-likeness (QED) is 0.203. The van der Waals surface area contributed by atoms with Crippen LogP contribution in [0.3, 0.4) is 0 Å². The molecule has 1 saturated carbocycles. The number of hydrogen-bond acceptors (Lipinski definition) is 7. The van der Waals surface area contributed by atoms with Crippen LogP contribution in [0.15, 0.2) is 18.5 Å². The van der Waals surface area contributed by atoms with Crippen molar-refractivity contribution in [2.75, 3.05) is 38.9 Å². The molecule has 0 atom stereocenters. The van der Waals surface area contributed by atoms with Crippen molar-refractivity contribution >= 4 is 30.7 Å². The summed E-state index contributed by atoms with van der Waals surface area (Å²) >= 11 is 0. The van der Waals surface area contributed by atoms with Gasteiger partial charge in [0.2, 0.25) is 0 Å². The topological polar surface area (TPSA) is 92.9 Å². The van der Waals surface area contributed by atoms with Gasteiger partial charge in [0.25, 0.3) is 5.91 Å². The minimum atomic E-state index is -1.16. The molecular weight excluding hydrogens is 474 g/mol. The number of nitrogens with zero attached hydrogens (tertiary/aromatic N) is 5. The van der Waals surface area contributed by atoms with E-state index in [-0.39, 0.29) is 24.8 Å². The first-order valence-electron chi connectivity index (χ1n) is 12.8. The third-order valence-electron chi connectivity index (χ3n) is 7.41.